The molecule has 16 heavy (non-hydrogen) atoms. The highest BCUT2D eigenvalue weighted by atomic mass is 35.5. The third kappa shape index (κ3) is 2.19. The molecule has 2 aromatic heterocycles. The van der Waals surface area contributed by atoms with E-state index in [9.17, 15) is 13.2 Å². The molecule has 0 saturated carbocycles. The summed E-state index contributed by atoms with van der Waals surface area (Å²) >= 11 is 10.5. The van der Waals surface area contributed by atoms with Crippen LogP contribution in [0.25, 0.3) is 11.2 Å². The van der Waals surface area contributed by atoms with Crippen molar-refractivity contribution in [2.24, 2.45) is 0 Å². The van der Waals surface area contributed by atoms with Crippen molar-refractivity contribution in [2.45, 2.75) is 12.7 Å². The minimum atomic E-state index is -4.34. The van der Waals surface area contributed by atoms with Gasteiger partial charge in [-0.15, -0.1) is 0 Å². The molecule has 0 saturated heterocycles. The van der Waals surface area contributed by atoms with Gasteiger partial charge in [0.1, 0.15) is 6.54 Å². The molecule has 0 aliphatic rings. The number of H-pyrrole nitrogens is 1. The first-order valence-electron chi connectivity index (χ1n) is 4.17. The molecule has 0 aliphatic heterocycles. The molecule has 2 heterocycles. The van der Waals surface area contributed by atoms with Crippen LogP contribution in [-0.2, 0) is 6.54 Å². The molecule has 0 aromatic carbocycles. The van der Waals surface area contributed by atoms with Gasteiger partial charge in [-0.2, -0.15) is 13.2 Å². The predicted molar refractivity (Wildman–Crippen MR) is 56.0 cm³/mol. The summed E-state index contributed by atoms with van der Waals surface area (Å²) in [6, 6.07) is 1.48. The second kappa shape index (κ2) is 3.74. The van der Waals surface area contributed by atoms with Gasteiger partial charge in [-0.05, 0) is 18.3 Å². The summed E-state index contributed by atoms with van der Waals surface area (Å²) in [6.07, 6.45) is -3.06. The molecule has 1 N–H and O–H groups in total. The molecule has 0 aliphatic carbocycles. The topological polar surface area (TPSA) is 33.6 Å². The Kier molecular flexibility index (Phi) is 2.67. The fraction of sp³-hybridized carbons (Fsp3) is 0.250. The van der Waals surface area contributed by atoms with Crippen molar-refractivity contribution in [2.75, 3.05) is 0 Å². The fourth-order valence-corrected chi connectivity index (χ4v) is 1.76. The van der Waals surface area contributed by atoms with Gasteiger partial charge in [0.2, 0.25) is 0 Å². The molecular formula is C8H5ClF3N3S. The largest absolute Gasteiger partial charge is 0.406 e. The summed E-state index contributed by atoms with van der Waals surface area (Å²) in [4.78, 5) is 6.44. The number of fused-ring (bicyclic) bond motifs is 1. The third-order valence-corrected chi connectivity index (χ3v) is 2.44. The van der Waals surface area contributed by atoms with Crippen LogP contribution in [0.1, 0.15) is 0 Å². The Hall–Kier alpha value is -1.08. The van der Waals surface area contributed by atoms with Crippen molar-refractivity contribution in [3.63, 3.8) is 0 Å². The van der Waals surface area contributed by atoms with E-state index in [2.05, 4.69) is 9.97 Å². The zero-order valence-corrected chi connectivity index (χ0v) is 9.25. The highest BCUT2D eigenvalue weighted by molar-refractivity contribution is 7.71. The first-order chi connectivity index (χ1) is 7.37. The molecule has 2 rings (SSSR count). The predicted octanol–water partition coefficient (Wildman–Crippen LogP) is 3.31. The van der Waals surface area contributed by atoms with Crippen LogP contribution >= 0.6 is 23.8 Å². The van der Waals surface area contributed by atoms with Crippen molar-refractivity contribution in [3.8, 4) is 0 Å². The summed E-state index contributed by atoms with van der Waals surface area (Å²) in [7, 11) is 0. The maximum absolute atomic E-state index is 12.3. The highest BCUT2D eigenvalue weighted by Gasteiger charge is 2.29. The van der Waals surface area contributed by atoms with Crippen LogP contribution in [0.4, 0.5) is 13.2 Å². The summed E-state index contributed by atoms with van der Waals surface area (Å²) in [5.74, 6) is 0. The van der Waals surface area contributed by atoms with Gasteiger partial charge in [0.25, 0.3) is 0 Å². The van der Waals surface area contributed by atoms with E-state index in [0.29, 0.717) is 10.5 Å². The smallest absolute Gasteiger partial charge is 0.329 e. The molecule has 0 bridgehead atoms. The number of hydrogen-bond acceptors (Lipinski definition) is 2. The molecule has 2 aromatic rings. The fourth-order valence-electron chi connectivity index (χ4n) is 1.34. The molecule has 0 unspecified atom stereocenters. The third-order valence-electron chi connectivity index (χ3n) is 1.91. The van der Waals surface area contributed by atoms with Gasteiger partial charge in [-0.1, -0.05) is 11.6 Å². The lowest BCUT2D eigenvalue weighted by molar-refractivity contribution is -0.140. The second-order valence-corrected chi connectivity index (χ2v) is 3.98. The molecule has 0 amide bonds. The minimum Gasteiger partial charge on any atom is -0.329 e. The zero-order valence-electron chi connectivity index (χ0n) is 7.68. The number of nitrogens with zero attached hydrogens (tertiary/aromatic N) is 2. The lowest BCUT2D eigenvalue weighted by Gasteiger charge is -2.07. The monoisotopic (exact) mass is 267 g/mol. The maximum Gasteiger partial charge on any atom is 0.406 e. The quantitative estimate of drug-likeness (QED) is 0.804. The maximum atomic E-state index is 12.3. The van der Waals surface area contributed by atoms with Crippen LogP contribution in [0.3, 0.4) is 0 Å². The average Bonchev–Trinajstić information content (AvgIpc) is 2.40. The van der Waals surface area contributed by atoms with E-state index in [-0.39, 0.29) is 10.4 Å². The van der Waals surface area contributed by atoms with Gasteiger partial charge in [-0.25, -0.2) is 4.98 Å². The zero-order chi connectivity index (χ0) is 11.9. The molecule has 0 spiro atoms. The van der Waals surface area contributed by atoms with Gasteiger partial charge in [0, 0.05) is 6.20 Å². The van der Waals surface area contributed by atoms with Gasteiger partial charge in [-0.3, -0.25) is 4.57 Å². The molecule has 3 nitrogen and oxygen atoms in total. The van der Waals surface area contributed by atoms with E-state index in [1.807, 2.05) is 0 Å². The first-order valence-corrected chi connectivity index (χ1v) is 4.96. The van der Waals surface area contributed by atoms with E-state index in [1.54, 1.807) is 0 Å². The molecule has 86 valence electrons. The lowest BCUT2D eigenvalue weighted by Crippen LogP contribution is -2.17. The Morgan fingerprint density at radius 2 is 2.19 bits per heavy atom. The summed E-state index contributed by atoms with van der Waals surface area (Å²) in [5, 5.41) is 0.336. The van der Waals surface area contributed by atoms with Crippen molar-refractivity contribution in [3.05, 3.63) is 22.1 Å². The van der Waals surface area contributed by atoms with E-state index < -0.39 is 12.7 Å². The number of alkyl halides is 3. The minimum absolute atomic E-state index is 0.0258. The number of nitrogens with one attached hydrogen (secondary N) is 1. The Balaban J connectivity index is 2.61. The van der Waals surface area contributed by atoms with Gasteiger partial charge >= 0.3 is 6.18 Å². The molecule has 0 fully saturated rings. The normalized spacial score (nSPS) is 12.2. The van der Waals surface area contributed by atoms with Gasteiger partial charge in [0.05, 0.1) is 10.5 Å². The number of hydrogen-bond donors (Lipinski definition) is 1. The SMILES string of the molecule is FC(F)(F)Cn1c(=S)[nH]c2cc(Cl)cnc21. The van der Waals surface area contributed by atoms with E-state index >= 15 is 0 Å². The number of rotatable bonds is 1. The van der Waals surface area contributed by atoms with Crippen molar-refractivity contribution < 1.29 is 13.2 Å². The molecule has 8 heteroatoms. The van der Waals surface area contributed by atoms with Crippen LogP contribution in [-0.4, -0.2) is 20.7 Å². The number of halogens is 4. The number of aromatic nitrogens is 3. The molecule has 0 atom stereocenters. The van der Waals surface area contributed by atoms with Crippen LogP contribution < -0.4 is 0 Å². The summed E-state index contributed by atoms with van der Waals surface area (Å²) < 4.78 is 37.7. The van der Waals surface area contributed by atoms with E-state index in [1.165, 1.54) is 12.3 Å². The Morgan fingerprint density at radius 1 is 1.50 bits per heavy atom. The Labute approximate surface area is 97.9 Å². The van der Waals surface area contributed by atoms with Gasteiger partial charge < -0.3 is 4.98 Å². The van der Waals surface area contributed by atoms with Crippen LogP contribution in [0.15, 0.2) is 12.3 Å². The van der Waals surface area contributed by atoms with E-state index in [0.717, 1.165) is 4.57 Å². The van der Waals surface area contributed by atoms with E-state index in [4.69, 9.17) is 23.8 Å². The average molecular weight is 268 g/mol. The highest BCUT2D eigenvalue weighted by Crippen LogP contribution is 2.22. The molecule has 0 radical (unpaired) electrons. The first kappa shape index (κ1) is 11.4. The van der Waals surface area contributed by atoms with Crippen LogP contribution in [0.5, 0.6) is 0 Å². The van der Waals surface area contributed by atoms with Crippen molar-refractivity contribution in [1.82, 2.24) is 14.5 Å². The number of imidazole rings is 1. The lowest BCUT2D eigenvalue weighted by atomic mass is 10.4. The Morgan fingerprint density at radius 3 is 2.81 bits per heavy atom. The summed E-state index contributed by atoms with van der Waals surface area (Å²) in [6.45, 7) is -1.17. The summed E-state index contributed by atoms with van der Waals surface area (Å²) in [5.41, 5.74) is 0.536. The number of pyridine rings is 1. The van der Waals surface area contributed by atoms with Crippen molar-refractivity contribution in [1.29, 1.82) is 0 Å². The molecular weight excluding hydrogens is 263 g/mol. The van der Waals surface area contributed by atoms with Crippen LogP contribution in [0.2, 0.25) is 5.02 Å². The standard InChI is InChI=1S/C8H5ClF3N3S/c9-4-1-5-6(13-2-4)15(7(16)14-5)3-8(10,11)12/h1-2H,3H2,(H,14,16). The second-order valence-electron chi connectivity index (χ2n) is 3.16. The van der Waals surface area contributed by atoms with Crippen molar-refractivity contribution >= 4 is 35.0 Å². The number of aromatic amines is 1. The Bertz CT molecular complexity index is 586. The van der Waals surface area contributed by atoms with Crippen LogP contribution in [0, 0.1) is 4.77 Å². The van der Waals surface area contributed by atoms with Gasteiger partial charge in [0.15, 0.2) is 10.4 Å².